The summed E-state index contributed by atoms with van der Waals surface area (Å²) in [4.78, 5) is 32.3. The van der Waals surface area contributed by atoms with Crippen LogP contribution in [0.2, 0.25) is 0 Å². The molecule has 5 aromatic rings. The molecule has 5 rings (SSSR count). The molecular formula is C36H44N4O3. The number of aromatic nitrogens is 3. The first-order valence-corrected chi connectivity index (χ1v) is 15.2. The van der Waals surface area contributed by atoms with E-state index >= 15 is 0 Å². The third-order valence-corrected chi connectivity index (χ3v) is 7.81. The molecule has 7 nitrogen and oxygen atoms in total. The van der Waals surface area contributed by atoms with Gasteiger partial charge in [0.1, 0.15) is 5.65 Å². The molecule has 2 N–H and O–H groups in total. The number of benzene rings is 2. The van der Waals surface area contributed by atoms with Crippen LogP contribution in [0.4, 0.5) is 0 Å². The van der Waals surface area contributed by atoms with Crippen molar-refractivity contribution in [3.8, 4) is 5.75 Å². The monoisotopic (exact) mass is 580 g/mol. The van der Waals surface area contributed by atoms with Gasteiger partial charge >= 0.3 is 0 Å². The Kier molecular flexibility index (Phi) is 10.4. The standard InChI is InChI=1S/C28H36N4O2.C8H8O/c1-7-18(5)21-15-22-26(34-17(3)4)25(32(6)27(22)31-23(21)8-2)28(33)29-14-13-19-16-30-24-12-10-9-11-20(19)24;1-7(9)8-5-3-2-4-6-8/h9-12,15-18,30H,7-8,13-14H2,1-6H3,(H,29,33);2-6H,1H3. The highest BCUT2D eigenvalue weighted by Gasteiger charge is 2.26. The number of rotatable bonds is 10. The average molecular weight is 581 g/mol. The van der Waals surface area contributed by atoms with Crippen molar-refractivity contribution in [3.05, 3.63) is 94.9 Å². The van der Waals surface area contributed by atoms with Gasteiger partial charge in [-0.2, -0.15) is 0 Å². The van der Waals surface area contributed by atoms with E-state index in [9.17, 15) is 9.59 Å². The van der Waals surface area contributed by atoms with Gasteiger partial charge in [-0.25, -0.2) is 4.98 Å². The van der Waals surface area contributed by atoms with Crippen molar-refractivity contribution in [1.82, 2.24) is 19.9 Å². The van der Waals surface area contributed by atoms with Gasteiger partial charge in [0.25, 0.3) is 5.91 Å². The lowest BCUT2D eigenvalue weighted by Gasteiger charge is -2.15. The van der Waals surface area contributed by atoms with Crippen LogP contribution >= 0.6 is 0 Å². The van der Waals surface area contributed by atoms with E-state index in [1.165, 1.54) is 16.5 Å². The molecule has 1 amide bonds. The lowest BCUT2D eigenvalue weighted by molar-refractivity contribution is 0.0939. The second-order valence-electron chi connectivity index (χ2n) is 11.2. The Morgan fingerprint density at radius 1 is 1.00 bits per heavy atom. The predicted molar refractivity (Wildman–Crippen MR) is 175 cm³/mol. The Bertz CT molecular complexity index is 1700. The summed E-state index contributed by atoms with van der Waals surface area (Å²) >= 11 is 0. The molecule has 0 aliphatic carbocycles. The number of aromatic amines is 1. The zero-order chi connectivity index (χ0) is 31.1. The summed E-state index contributed by atoms with van der Waals surface area (Å²) in [6, 6.07) is 19.6. The molecule has 0 aliphatic heterocycles. The van der Waals surface area contributed by atoms with Crippen LogP contribution in [0.15, 0.2) is 66.9 Å². The van der Waals surface area contributed by atoms with Crippen LogP contribution in [0.1, 0.15) is 91.5 Å². The van der Waals surface area contributed by atoms with Crippen molar-refractivity contribution in [2.75, 3.05) is 6.54 Å². The second-order valence-corrected chi connectivity index (χ2v) is 11.2. The molecule has 0 radical (unpaired) electrons. The zero-order valence-electron chi connectivity index (χ0n) is 26.5. The van der Waals surface area contributed by atoms with E-state index in [1.54, 1.807) is 6.92 Å². The quantitative estimate of drug-likeness (QED) is 0.165. The predicted octanol–water partition coefficient (Wildman–Crippen LogP) is 7.78. The summed E-state index contributed by atoms with van der Waals surface area (Å²) in [7, 11) is 1.90. The van der Waals surface area contributed by atoms with Crippen molar-refractivity contribution >= 4 is 33.6 Å². The molecule has 0 aliphatic rings. The zero-order valence-corrected chi connectivity index (χ0v) is 26.5. The molecule has 1 unspecified atom stereocenters. The third-order valence-electron chi connectivity index (χ3n) is 7.81. The van der Waals surface area contributed by atoms with Gasteiger partial charge in [0.05, 0.1) is 11.5 Å². The highest BCUT2D eigenvalue weighted by molar-refractivity contribution is 6.03. The number of fused-ring (bicyclic) bond motifs is 2. The smallest absolute Gasteiger partial charge is 0.271 e. The Hall–Kier alpha value is -4.39. The molecule has 7 heteroatoms. The van der Waals surface area contributed by atoms with Crippen molar-refractivity contribution in [3.63, 3.8) is 0 Å². The van der Waals surface area contributed by atoms with Crippen LogP contribution in [0.25, 0.3) is 21.9 Å². The average Bonchev–Trinajstić information content (AvgIpc) is 3.54. The molecule has 0 spiro atoms. The summed E-state index contributed by atoms with van der Waals surface area (Å²) < 4.78 is 8.11. The topological polar surface area (TPSA) is 89.0 Å². The molecule has 43 heavy (non-hydrogen) atoms. The van der Waals surface area contributed by atoms with E-state index in [0.29, 0.717) is 23.9 Å². The van der Waals surface area contributed by atoms with E-state index in [0.717, 1.165) is 47.1 Å². The number of pyridine rings is 1. The minimum Gasteiger partial charge on any atom is -0.488 e. The van der Waals surface area contributed by atoms with Crippen LogP contribution in [-0.4, -0.2) is 38.9 Å². The first-order valence-electron chi connectivity index (χ1n) is 15.2. The van der Waals surface area contributed by atoms with Gasteiger partial charge in [-0.15, -0.1) is 0 Å². The molecule has 2 aromatic carbocycles. The molecule has 1 atom stereocenters. The molecule has 0 saturated carbocycles. The second kappa shape index (κ2) is 14.2. The van der Waals surface area contributed by atoms with Crippen LogP contribution < -0.4 is 10.1 Å². The SMILES string of the molecule is CC(=O)c1ccccc1.CCc1nc2c(cc1C(C)CC)c(OC(C)C)c(C(=O)NCCc1c[nH]c3ccccc13)n2C. The number of para-hydroxylation sites is 1. The molecule has 0 bridgehead atoms. The van der Waals surface area contributed by atoms with Gasteiger partial charge in [0.2, 0.25) is 0 Å². The lowest BCUT2D eigenvalue weighted by Crippen LogP contribution is -2.28. The first kappa shape index (κ1) is 31.5. The Balaban J connectivity index is 0.000000403. The number of carbonyl (C=O) groups excluding carboxylic acids is 2. The van der Waals surface area contributed by atoms with Gasteiger partial charge in [-0.3, -0.25) is 9.59 Å². The van der Waals surface area contributed by atoms with E-state index < -0.39 is 0 Å². The summed E-state index contributed by atoms with van der Waals surface area (Å²) in [6.07, 6.45) is 4.60. The maximum atomic E-state index is 13.4. The fraction of sp³-hybridized carbons (Fsp3) is 0.361. The molecular weight excluding hydrogens is 536 g/mol. The fourth-order valence-electron chi connectivity index (χ4n) is 5.31. The number of H-pyrrole nitrogens is 1. The highest BCUT2D eigenvalue weighted by Crippen LogP contribution is 2.36. The van der Waals surface area contributed by atoms with E-state index in [2.05, 4.69) is 49.3 Å². The number of carbonyl (C=O) groups is 2. The molecule has 0 saturated heterocycles. The molecule has 3 aromatic heterocycles. The number of nitrogens with one attached hydrogen (secondary N) is 2. The number of aryl methyl sites for hydroxylation is 2. The summed E-state index contributed by atoms with van der Waals surface area (Å²) in [5, 5.41) is 5.21. The first-order chi connectivity index (χ1) is 20.7. The maximum absolute atomic E-state index is 13.4. The minimum atomic E-state index is -0.140. The van der Waals surface area contributed by atoms with Gasteiger partial charge in [-0.05, 0) is 69.2 Å². The number of Topliss-reactive ketones (excluding diaryl/α,β-unsaturated/α-hetero) is 1. The Morgan fingerprint density at radius 3 is 2.33 bits per heavy atom. The number of amides is 1. The van der Waals surface area contributed by atoms with Crippen molar-refractivity contribution in [1.29, 1.82) is 0 Å². The fourth-order valence-corrected chi connectivity index (χ4v) is 5.31. The minimum absolute atomic E-state index is 0.0544. The summed E-state index contributed by atoms with van der Waals surface area (Å²) in [5.74, 6) is 0.999. The number of ketones is 1. The third kappa shape index (κ3) is 7.16. The lowest BCUT2D eigenvalue weighted by atomic mass is 9.95. The van der Waals surface area contributed by atoms with Gasteiger partial charge in [0.15, 0.2) is 17.2 Å². The summed E-state index contributed by atoms with van der Waals surface area (Å²) in [6.45, 7) is 12.6. The normalized spacial score (nSPS) is 11.8. The van der Waals surface area contributed by atoms with Gasteiger partial charge < -0.3 is 19.6 Å². The number of hydrogen-bond donors (Lipinski definition) is 2. The van der Waals surface area contributed by atoms with Gasteiger partial charge in [-0.1, -0.05) is 69.3 Å². The van der Waals surface area contributed by atoms with Crippen molar-refractivity contribution < 1.29 is 14.3 Å². The van der Waals surface area contributed by atoms with Crippen LogP contribution in [0.5, 0.6) is 5.75 Å². The highest BCUT2D eigenvalue weighted by atomic mass is 16.5. The Morgan fingerprint density at radius 2 is 1.70 bits per heavy atom. The van der Waals surface area contributed by atoms with E-state index in [4.69, 9.17) is 9.72 Å². The largest absolute Gasteiger partial charge is 0.488 e. The van der Waals surface area contributed by atoms with Crippen molar-refractivity contribution in [2.45, 2.75) is 72.8 Å². The molecule has 3 heterocycles. The number of ether oxygens (including phenoxy) is 1. The van der Waals surface area contributed by atoms with E-state index in [1.807, 2.05) is 74.1 Å². The van der Waals surface area contributed by atoms with E-state index in [-0.39, 0.29) is 17.8 Å². The van der Waals surface area contributed by atoms with Gasteiger partial charge in [0, 0.05) is 41.9 Å². The maximum Gasteiger partial charge on any atom is 0.271 e. The van der Waals surface area contributed by atoms with Crippen LogP contribution in [0, 0.1) is 0 Å². The Labute approximate surface area is 254 Å². The van der Waals surface area contributed by atoms with Crippen LogP contribution in [0.3, 0.4) is 0 Å². The molecule has 226 valence electrons. The number of nitrogens with zero attached hydrogens (tertiary/aromatic N) is 2. The van der Waals surface area contributed by atoms with Crippen molar-refractivity contribution in [2.24, 2.45) is 7.05 Å². The van der Waals surface area contributed by atoms with Crippen LogP contribution in [-0.2, 0) is 19.9 Å². The molecule has 0 fully saturated rings. The summed E-state index contributed by atoms with van der Waals surface area (Å²) in [5.41, 5.74) is 6.73. The number of hydrogen-bond acceptors (Lipinski definition) is 4.